The quantitative estimate of drug-likeness (QED) is 0.379. The molecule has 0 radical (unpaired) electrons. The standard InChI is InChI=1S/C19H20N2O6/c1-3-17(13-8-6-5-7-9-13)18(4-2)27-19(22)14-10-15(20(23)24)12-16(11-14)21(25)26/h5-12,17-18H,3-4H2,1-2H3/t17-,18-/m1/s1. The summed E-state index contributed by atoms with van der Waals surface area (Å²) in [6, 6.07) is 12.4. The number of benzene rings is 2. The van der Waals surface area contributed by atoms with Gasteiger partial charge in [0, 0.05) is 18.1 Å². The maximum absolute atomic E-state index is 12.5. The molecule has 0 N–H and O–H groups in total. The number of nitro benzene ring substituents is 2. The van der Waals surface area contributed by atoms with Crippen LogP contribution < -0.4 is 0 Å². The van der Waals surface area contributed by atoms with Crippen LogP contribution in [0.25, 0.3) is 0 Å². The molecule has 0 saturated heterocycles. The number of carbonyl (C=O) groups is 1. The Labute approximate surface area is 156 Å². The summed E-state index contributed by atoms with van der Waals surface area (Å²) in [6.07, 6.45) is 0.810. The number of hydrogen-bond acceptors (Lipinski definition) is 6. The highest BCUT2D eigenvalue weighted by atomic mass is 16.6. The number of nitro groups is 2. The summed E-state index contributed by atoms with van der Waals surface area (Å²) in [6.45, 7) is 3.85. The Morgan fingerprint density at radius 3 is 1.96 bits per heavy atom. The minimum atomic E-state index is -0.817. The fourth-order valence-electron chi connectivity index (χ4n) is 2.99. The van der Waals surface area contributed by atoms with E-state index in [1.807, 2.05) is 44.2 Å². The van der Waals surface area contributed by atoms with Crippen molar-refractivity contribution in [2.45, 2.75) is 38.7 Å². The van der Waals surface area contributed by atoms with Gasteiger partial charge in [0.15, 0.2) is 0 Å². The molecule has 0 saturated carbocycles. The highest BCUT2D eigenvalue weighted by Gasteiger charge is 2.27. The fraction of sp³-hybridized carbons (Fsp3) is 0.316. The molecule has 0 aliphatic carbocycles. The third kappa shape index (κ3) is 4.87. The van der Waals surface area contributed by atoms with Gasteiger partial charge in [-0.1, -0.05) is 44.2 Å². The third-order valence-electron chi connectivity index (χ3n) is 4.34. The molecule has 2 atom stereocenters. The van der Waals surface area contributed by atoms with E-state index in [1.54, 1.807) is 0 Å². The zero-order chi connectivity index (χ0) is 20.0. The summed E-state index contributed by atoms with van der Waals surface area (Å²) in [4.78, 5) is 33.0. The zero-order valence-electron chi connectivity index (χ0n) is 15.0. The van der Waals surface area contributed by atoms with Crippen molar-refractivity contribution >= 4 is 17.3 Å². The SMILES string of the molecule is CC[C@H](c1ccccc1)[C@@H](CC)OC(=O)c1cc([N+](=O)[O-])cc([N+](=O)[O-])c1. The lowest BCUT2D eigenvalue weighted by molar-refractivity contribution is -0.394. The minimum absolute atomic E-state index is 0.0474. The molecular formula is C19H20N2O6. The third-order valence-corrected chi connectivity index (χ3v) is 4.34. The first-order valence-corrected chi connectivity index (χ1v) is 8.57. The number of hydrogen-bond donors (Lipinski definition) is 0. The van der Waals surface area contributed by atoms with Crippen molar-refractivity contribution in [1.82, 2.24) is 0 Å². The first kappa shape index (κ1) is 20.0. The number of esters is 1. The molecule has 0 fully saturated rings. The Morgan fingerprint density at radius 2 is 1.52 bits per heavy atom. The molecule has 0 bridgehead atoms. The predicted molar refractivity (Wildman–Crippen MR) is 98.7 cm³/mol. The number of ether oxygens (including phenoxy) is 1. The highest BCUT2D eigenvalue weighted by Crippen LogP contribution is 2.29. The normalized spacial score (nSPS) is 12.8. The molecule has 142 valence electrons. The zero-order valence-corrected chi connectivity index (χ0v) is 15.0. The van der Waals surface area contributed by atoms with E-state index >= 15 is 0 Å². The van der Waals surface area contributed by atoms with Gasteiger partial charge in [-0.3, -0.25) is 20.2 Å². The second-order valence-corrected chi connectivity index (χ2v) is 6.03. The van der Waals surface area contributed by atoms with Crippen LogP contribution in [0.4, 0.5) is 11.4 Å². The van der Waals surface area contributed by atoms with Crippen molar-refractivity contribution < 1.29 is 19.4 Å². The summed E-state index contributed by atoms with van der Waals surface area (Å²) in [7, 11) is 0. The average molecular weight is 372 g/mol. The van der Waals surface area contributed by atoms with Gasteiger partial charge in [0.1, 0.15) is 6.10 Å². The molecule has 27 heavy (non-hydrogen) atoms. The number of nitrogens with zero attached hydrogens (tertiary/aromatic N) is 2. The highest BCUT2D eigenvalue weighted by molar-refractivity contribution is 5.91. The van der Waals surface area contributed by atoms with Crippen LogP contribution in [0.3, 0.4) is 0 Å². The Kier molecular flexibility index (Phi) is 6.59. The van der Waals surface area contributed by atoms with E-state index in [9.17, 15) is 25.0 Å². The van der Waals surface area contributed by atoms with Gasteiger partial charge < -0.3 is 4.74 Å². The minimum Gasteiger partial charge on any atom is -0.458 e. The van der Waals surface area contributed by atoms with Gasteiger partial charge in [-0.05, 0) is 18.4 Å². The number of rotatable bonds is 8. The van der Waals surface area contributed by atoms with E-state index in [-0.39, 0.29) is 11.5 Å². The molecule has 8 heteroatoms. The Morgan fingerprint density at radius 1 is 0.963 bits per heavy atom. The largest absolute Gasteiger partial charge is 0.458 e. The van der Waals surface area contributed by atoms with Gasteiger partial charge in [0.2, 0.25) is 0 Å². The summed E-state index contributed by atoms with van der Waals surface area (Å²) in [5.41, 5.74) is -0.250. The van der Waals surface area contributed by atoms with Crippen molar-refractivity contribution in [3.8, 4) is 0 Å². The number of non-ortho nitro benzene ring substituents is 2. The van der Waals surface area contributed by atoms with E-state index in [0.29, 0.717) is 6.42 Å². The molecule has 2 rings (SSSR count). The molecule has 2 aromatic rings. The van der Waals surface area contributed by atoms with Crippen LogP contribution in [0.15, 0.2) is 48.5 Å². The first-order valence-electron chi connectivity index (χ1n) is 8.57. The topological polar surface area (TPSA) is 113 Å². The molecule has 8 nitrogen and oxygen atoms in total. The Hall–Kier alpha value is -3.29. The lowest BCUT2D eigenvalue weighted by Gasteiger charge is -2.25. The van der Waals surface area contributed by atoms with Gasteiger partial charge in [0.25, 0.3) is 11.4 Å². The molecule has 0 aromatic heterocycles. The van der Waals surface area contributed by atoms with Crippen LogP contribution in [0.1, 0.15) is 48.5 Å². The van der Waals surface area contributed by atoms with Gasteiger partial charge in [-0.25, -0.2) is 4.79 Å². The summed E-state index contributed by atoms with van der Waals surface area (Å²) in [5.74, 6) is -0.864. The molecule has 0 aliphatic rings. The van der Waals surface area contributed by atoms with Crippen LogP contribution in [0.5, 0.6) is 0 Å². The molecule has 0 spiro atoms. The second-order valence-electron chi connectivity index (χ2n) is 6.03. The molecule has 0 aliphatic heterocycles. The maximum Gasteiger partial charge on any atom is 0.338 e. The Balaban J connectivity index is 2.31. The van der Waals surface area contributed by atoms with Crippen LogP contribution >= 0.6 is 0 Å². The molecule has 0 unspecified atom stereocenters. The van der Waals surface area contributed by atoms with Gasteiger partial charge >= 0.3 is 5.97 Å². The van der Waals surface area contributed by atoms with Crippen molar-refractivity contribution in [3.63, 3.8) is 0 Å². The molecular weight excluding hydrogens is 352 g/mol. The smallest absolute Gasteiger partial charge is 0.338 e. The first-order chi connectivity index (χ1) is 12.9. The number of carbonyl (C=O) groups excluding carboxylic acids is 1. The van der Waals surface area contributed by atoms with Crippen molar-refractivity contribution in [2.24, 2.45) is 0 Å². The van der Waals surface area contributed by atoms with Crippen LogP contribution in [-0.2, 0) is 4.74 Å². The van der Waals surface area contributed by atoms with Crippen LogP contribution in [0, 0.1) is 20.2 Å². The van der Waals surface area contributed by atoms with Crippen molar-refractivity contribution in [2.75, 3.05) is 0 Å². The monoisotopic (exact) mass is 372 g/mol. The molecule has 0 amide bonds. The summed E-state index contributed by atoms with van der Waals surface area (Å²) in [5, 5.41) is 22.0. The lowest BCUT2D eigenvalue weighted by Crippen LogP contribution is -2.25. The van der Waals surface area contributed by atoms with Crippen molar-refractivity contribution in [1.29, 1.82) is 0 Å². The fourth-order valence-corrected chi connectivity index (χ4v) is 2.99. The van der Waals surface area contributed by atoms with Crippen LogP contribution in [0.2, 0.25) is 0 Å². The van der Waals surface area contributed by atoms with Gasteiger partial charge in [-0.2, -0.15) is 0 Å². The maximum atomic E-state index is 12.5. The van der Waals surface area contributed by atoms with E-state index < -0.39 is 33.3 Å². The average Bonchev–Trinajstić information content (AvgIpc) is 2.67. The van der Waals surface area contributed by atoms with Crippen LogP contribution in [-0.4, -0.2) is 21.9 Å². The van der Waals surface area contributed by atoms with E-state index in [0.717, 1.165) is 30.2 Å². The van der Waals surface area contributed by atoms with E-state index in [4.69, 9.17) is 4.74 Å². The van der Waals surface area contributed by atoms with E-state index in [1.165, 1.54) is 0 Å². The summed E-state index contributed by atoms with van der Waals surface area (Å²) >= 11 is 0. The van der Waals surface area contributed by atoms with E-state index in [2.05, 4.69) is 0 Å². The van der Waals surface area contributed by atoms with Crippen molar-refractivity contribution in [3.05, 3.63) is 79.9 Å². The second kappa shape index (κ2) is 8.88. The lowest BCUT2D eigenvalue weighted by atomic mass is 9.89. The predicted octanol–water partition coefficient (Wildman–Crippen LogP) is 4.63. The molecule has 2 aromatic carbocycles. The van der Waals surface area contributed by atoms with Gasteiger partial charge in [-0.15, -0.1) is 0 Å². The Bertz CT molecular complexity index is 805. The molecule has 0 heterocycles. The van der Waals surface area contributed by atoms with Gasteiger partial charge in [0.05, 0.1) is 21.5 Å². The summed E-state index contributed by atoms with van der Waals surface area (Å²) < 4.78 is 5.58.